The van der Waals surface area contributed by atoms with Gasteiger partial charge in [-0.2, -0.15) is 0 Å². The largest absolute Gasteiger partial charge is 0.472 e. The van der Waals surface area contributed by atoms with Crippen molar-refractivity contribution in [3.05, 3.63) is 12.2 Å². The molecule has 0 aromatic heterocycles. The van der Waals surface area contributed by atoms with Crippen molar-refractivity contribution in [1.82, 2.24) is 5.32 Å². The number of aliphatic hydroxyl groups excluding tert-OH is 1. The predicted molar refractivity (Wildman–Crippen MR) is 183 cm³/mol. The maximum Gasteiger partial charge on any atom is 0.472 e. The molecule has 45 heavy (non-hydrogen) atoms. The molecule has 266 valence electrons. The molecule has 0 bridgehead atoms. The van der Waals surface area contributed by atoms with Crippen molar-refractivity contribution in [3.8, 4) is 0 Å². The highest BCUT2D eigenvalue weighted by Gasteiger charge is 2.23. The summed E-state index contributed by atoms with van der Waals surface area (Å²) in [4.78, 5) is 33.6. The predicted octanol–water partition coefficient (Wildman–Crippen LogP) is 9.10. The molecule has 2 atom stereocenters. The lowest BCUT2D eigenvalue weighted by Crippen LogP contribution is -2.27. The number of allylic oxidation sites excluding steroid dienone is 2. The van der Waals surface area contributed by atoms with E-state index in [9.17, 15) is 24.2 Å². The SMILES string of the molecule is CCCCCCCCC/C=C\CCCCCCCC(=O)NCCOP(=O)(O)OCC(O)COC(=O)CCCCCCCCCC. The molecular formula is C35H68NO8P. The van der Waals surface area contributed by atoms with Crippen LogP contribution in [0.4, 0.5) is 0 Å². The van der Waals surface area contributed by atoms with E-state index in [1.165, 1.54) is 96.3 Å². The van der Waals surface area contributed by atoms with E-state index >= 15 is 0 Å². The van der Waals surface area contributed by atoms with Crippen molar-refractivity contribution < 1.29 is 37.9 Å². The zero-order valence-corrected chi connectivity index (χ0v) is 29.7. The molecule has 0 aliphatic heterocycles. The minimum Gasteiger partial charge on any atom is -0.463 e. The quantitative estimate of drug-likeness (QED) is 0.0269. The van der Waals surface area contributed by atoms with Gasteiger partial charge >= 0.3 is 13.8 Å². The first kappa shape index (κ1) is 43.8. The molecular weight excluding hydrogens is 593 g/mol. The minimum atomic E-state index is -4.40. The van der Waals surface area contributed by atoms with Crippen LogP contribution in [0, 0.1) is 0 Å². The molecule has 0 saturated heterocycles. The lowest BCUT2D eigenvalue weighted by atomic mass is 10.1. The van der Waals surface area contributed by atoms with Crippen LogP contribution in [0.5, 0.6) is 0 Å². The molecule has 2 unspecified atom stereocenters. The van der Waals surface area contributed by atoms with Crippen LogP contribution >= 0.6 is 7.82 Å². The molecule has 0 saturated carbocycles. The number of amides is 1. The molecule has 0 aromatic carbocycles. The summed E-state index contributed by atoms with van der Waals surface area (Å²) in [5, 5.41) is 12.6. The lowest BCUT2D eigenvalue weighted by Gasteiger charge is -2.15. The monoisotopic (exact) mass is 661 g/mol. The summed E-state index contributed by atoms with van der Waals surface area (Å²) in [5.74, 6) is -0.527. The van der Waals surface area contributed by atoms with Crippen molar-refractivity contribution >= 4 is 19.7 Å². The van der Waals surface area contributed by atoms with E-state index in [4.69, 9.17) is 13.8 Å². The second-order valence-electron chi connectivity index (χ2n) is 12.2. The van der Waals surface area contributed by atoms with Crippen molar-refractivity contribution in [2.24, 2.45) is 0 Å². The van der Waals surface area contributed by atoms with Crippen LogP contribution in [0.3, 0.4) is 0 Å². The average Bonchev–Trinajstić information content (AvgIpc) is 3.02. The van der Waals surface area contributed by atoms with Crippen LogP contribution in [0.15, 0.2) is 12.2 Å². The highest BCUT2D eigenvalue weighted by molar-refractivity contribution is 7.47. The van der Waals surface area contributed by atoms with Crippen LogP contribution in [0.25, 0.3) is 0 Å². The van der Waals surface area contributed by atoms with E-state index in [-0.39, 0.29) is 32.1 Å². The molecule has 0 aliphatic rings. The number of esters is 1. The third-order valence-electron chi connectivity index (χ3n) is 7.70. The number of carbonyl (C=O) groups is 2. The molecule has 9 nitrogen and oxygen atoms in total. The van der Waals surface area contributed by atoms with Gasteiger partial charge in [0.05, 0.1) is 13.2 Å². The Bertz CT molecular complexity index is 764. The van der Waals surface area contributed by atoms with Crippen molar-refractivity contribution in [1.29, 1.82) is 0 Å². The number of rotatable bonds is 34. The van der Waals surface area contributed by atoms with Gasteiger partial charge in [0.1, 0.15) is 12.7 Å². The molecule has 1 amide bonds. The molecule has 0 rings (SSSR count). The summed E-state index contributed by atoms with van der Waals surface area (Å²) in [6.07, 6.45) is 30.1. The average molecular weight is 662 g/mol. The fourth-order valence-corrected chi connectivity index (χ4v) is 5.66. The van der Waals surface area contributed by atoms with Crippen LogP contribution < -0.4 is 5.32 Å². The van der Waals surface area contributed by atoms with E-state index in [0.717, 1.165) is 44.9 Å². The highest BCUT2D eigenvalue weighted by atomic mass is 31.2. The number of nitrogens with one attached hydrogen (secondary N) is 1. The normalized spacial score (nSPS) is 13.6. The van der Waals surface area contributed by atoms with Crippen LogP contribution in [0.2, 0.25) is 0 Å². The number of unbranched alkanes of at least 4 members (excludes halogenated alkanes) is 19. The van der Waals surface area contributed by atoms with E-state index in [2.05, 4.69) is 31.3 Å². The summed E-state index contributed by atoms with van der Waals surface area (Å²) in [6.45, 7) is 3.49. The Morgan fingerprint density at radius 1 is 0.667 bits per heavy atom. The van der Waals surface area contributed by atoms with Gasteiger partial charge in [0.25, 0.3) is 0 Å². The van der Waals surface area contributed by atoms with E-state index < -0.39 is 26.5 Å². The van der Waals surface area contributed by atoms with Gasteiger partial charge in [0.15, 0.2) is 0 Å². The highest BCUT2D eigenvalue weighted by Crippen LogP contribution is 2.42. The number of phosphoric acid groups is 1. The molecule has 0 radical (unpaired) electrons. The Morgan fingerprint density at radius 3 is 1.67 bits per heavy atom. The zero-order valence-electron chi connectivity index (χ0n) is 28.8. The Balaban J connectivity index is 3.62. The number of aliphatic hydroxyl groups is 1. The lowest BCUT2D eigenvalue weighted by molar-refractivity contribution is -0.147. The molecule has 10 heteroatoms. The third kappa shape index (κ3) is 33.9. The first-order valence-electron chi connectivity index (χ1n) is 18.2. The van der Waals surface area contributed by atoms with Gasteiger partial charge in [-0.25, -0.2) is 4.57 Å². The smallest absolute Gasteiger partial charge is 0.463 e. The van der Waals surface area contributed by atoms with E-state index in [0.29, 0.717) is 6.42 Å². The number of hydrogen-bond acceptors (Lipinski definition) is 7. The standard InChI is InChI=1S/C35H68NO8P/c1-3-5-7-9-11-13-14-15-16-17-18-19-20-21-23-25-27-34(38)36-29-30-43-45(40,41)44-32-33(37)31-42-35(39)28-26-24-22-12-10-8-6-4-2/h16-17,33,37H,3-15,18-32H2,1-2H3,(H,36,38)(H,40,41)/b17-16-. The Labute approximate surface area is 275 Å². The first-order valence-corrected chi connectivity index (χ1v) is 19.7. The number of phosphoric ester groups is 1. The first-order chi connectivity index (χ1) is 21.8. The summed E-state index contributed by atoms with van der Waals surface area (Å²) in [6, 6.07) is 0. The Hall–Kier alpha value is -1.25. The van der Waals surface area contributed by atoms with Gasteiger partial charge in [-0.3, -0.25) is 18.6 Å². The molecule has 0 aliphatic carbocycles. The summed E-state index contributed by atoms with van der Waals surface area (Å²) in [7, 11) is -4.40. The van der Waals surface area contributed by atoms with Gasteiger partial charge in [-0.05, 0) is 38.5 Å². The number of hydrogen-bond donors (Lipinski definition) is 3. The second kappa shape index (κ2) is 32.7. The fraction of sp³-hybridized carbons (Fsp3) is 0.886. The van der Waals surface area contributed by atoms with Crippen molar-refractivity contribution in [2.45, 2.75) is 174 Å². The maximum absolute atomic E-state index is 12.0. The van der Waals surface area contributed by atoms with Gasteiger partial charge < -0.3 is 20.1 Å². The van der Waals surface area contributed by atoms with Gasteiger partial charge in [0.2, 0.25) is 5.91 Å². The molecule has 3 N–H and O–H groups in total. The fourth-order valence-electron chi connectivity index (χ4n) is 4.90. The second-order valence-corrected chi connectivity index (χ2v) is 13.7. The molecule has 0 aromatic rings. The van der Waals surface area contributed by atoms with Crippen LogP contribution in [0.1, 0.15) is 168 Å². The summed E-state index contributed by atoms with van der Waals surface area (Å²) in [5.41, 5.74) is 0. The summed E-state index contributed by atoms with van der Waals surface area (Å²) >= 11 is 0. The van der Waals surface area contributed by atoms with Gasteiger partial charge in [0, 0.05) is 19.4 Å². The maximum atomic E-state index is 12.0. The Morgan fingerprint density at radius 2 is 1.13 bits per heavy atom. The van der Waals surface area contributed by atoms with Crippen molar-refractivity contribution in [3.63, 3.8) is 0 Å². The summed E-state index contributed by atoms with van der Waals surface area (Å²) < 4.78 is 26.6. The molecule has 0 heterocycles. The van der Waals surface area contributed by atoms with Crippen LogP contribution in [-0.2, 0) is 27.9 Å². The minimum absolute atomic E-state index is 0.0802. The van der Waals surface area contributed by atoms with E-state index in [1.54, 1.807) is 0 Å². The molecule has 0 spiro atoms. The van der Waals surface area contributed by atoms with Gasteiger partial charge in [-0.1, -0.05) is 129 Å². The Kier molecular flexibility index (Phi) is 31.8. The topological polar surface area (TPSA) is 131 Å². The van der Waals surface area contributed by atoms with Gasteiger partial charge in [-0.15, -0.1) is 0 Å². The number of carbonyl (C=O) groups excluding carboxylic acids is 2. The third-order valence-corrected chi connectivity index (χ3v) is 8.68. The zero-order chi connectivity index (χ0) is 33.3. The van der Waals surface area contributed by atoms with Crippen LogP contribution in [-0.4, -0.2) is 54.3 Å². The molecule has 0 fully saturated rings. The van der Waals surface area contributed by atoms with E-state index in [1.807, 2.05) is 0 Å². The number of ether oxygens (including phenoxy) is 1. The van der Waals surface area contributed by atoms with Crippen molar-refractivity contribution in [2.75, 3.05) is 26.4 Å².